The molecule has 218 valence electrons. The Bertz CT molecular complexity index is 1090. The molecule has 2 atom stereocenters. The van der Waals surface area contributed by atoms with E-state index in [9.17, 15) is 9.59 Å². The highest BCUT2D eigenvalue weighted by atomic mass is 35.5. The molecule has 10 heteroatoms. The molecule has 2 saturated heterocycles. The first-order chi connectivity index (χ1) is 19.4. The predicted molar refractivity (Wildman–Crippen MR) is 155 cm³/mol. The van der Waals surface area contributed by atoms with Gasteiger partial charge in [-0.3, -0.25) is 14.3 Å². The van der Waals surface area contributed by atoms with Gasteiger partial charge in [-0.15, -0.1) is 0 Å². The van der Waals surface area contributed by atoms with Crippen LogP contribution in [0.15, 0.2) is 36.9 Å². The molecule has 3 heterocycles. The van der Waals surface area contributed by atoms with E-state index >= 15 is 0 Å². The fourth-order valence-electron chi connectivity index (χ4n) is 7.18. The van der Waals surface area contributed by atoms with Crippen LogP contribution in [0.4, 0.5) is 0 Å². The van der Waals surface area contributed by atoms with E-state index in [0.717, 1.165) is 50.9 Å². The molecule has 2 amide bonds. The zero-order chi connectivity index (χ0) is 28.0. The quantitative estimate of drug-likeness (QED) is 0.427. The first kappa shape index (κ1) is 29.0. The summed E-state index contributed by atoms with van der Waals surface area (Å²) in [6.45, 7) is 3.93. The van der Waals surface area contributed by atoms with E-state index in [-0.39, 0.29) is 23.1 Å². The van der Waals surface area contributed by atoms with Crippen molar-refractivity contribution in [3.63, 3.8) is 0 Å². The molecule has 0 bridgehead atoms. The molecule has 5 rings (SSSR count). The number of piperidine rings is 2. The van der Waals surface area contributed by atoms with Crippen molar-refractivity contribution < 1.29 is 9.59 Å². The number of nitrogens with zero attached hydrogens (tertiary/aromatic N) is 4. The number of nitrogens with two attached hydrogens (primary N) is 1. The number of rotatable bonds is 9. The molecule has 40 heavy (non-hydrogen) atoms. The number of amides is 2. The summed E-state index contributed by atoms with van der Waals surface area (Å²) in [5.41, 5.74) is 7.48. The number of benzene rings is 1. The number of hydrogen-bond donors (Lipinski definition) is 3. The third-order valence-electron chi connectivity index (χ3n) is 9.65. The number of aromatic nitrogens is 3. The lowest BCUT2D eigenvalue weighted by molar-refractivity contribution is -0.140. The molecule has 9 nitrogen and oxygen atoms in total. The smallest absolute Gasteiger partial charge is 0.245 e. The highest BCUT2D eigenvalue weighted by molar-refractivity contribution is 6.30. The van der Waals surface area contributed by atoms with Gasteiger partial charge in [0.1, 0.15) is 18.7 Å². The van der Waals surface area contributed by atoms with Crippen LogP contribution in [0.25, 0.3) is 0 Å². The fraction of sp³-hybridized carbons (Fsp3) is 0.667. The van der Waals surface area contributed by atoms with Gasteiger partial charge in [0.05, 0.1) is 6.04 Å². The standard InChI is InChI=1S/C30H44ClN7O2/c31-25-8-6-22(7-9-25)18-26(36-28(39)27(32)23-10-14-33-15-11-23)29(40)37-16-12-30(13-17-37,19-38-21-34-20-35-38)24-4-2-1-3-5-24/h6-9,20-21,23-24,26-27,33H,1-5,10-19,32H2,(H,36,39). The molecule has 2 unspecified atom stereocenters. The van der Waals surface area contributed by atoms with Crippen LogP contribution in [0.5, 0.6) is 0 Å². The number of nitrogens with one attached hydrogen (secondary N) is 2. The lowest BCUT2D eigenvalue weighted by Gasteiger charge is -2.48. The summed E-state index contributed by atoms with van der Waals surface area (Å²) in [4.78, 5) is 33.5. The molecule has 1 saturated carbocycles. The molecule has 2 aromatic rings. The van der Waals surface area contributed by atoms with Crippen molar-refractivity contribution in [1.29, 1.82) is 0 Å². The van der Waals surface area contributed by atoms with E-state index in [0.29, 0.717) is 30.5 Å². The Morgan fingerprint density at radius 2 is 1.77 bits per heavy atom. The Labute approximate surface area is 242 Å². The molecule has 1 aromatic heterocycles. The topological polar surface area (TPSA) is 118 Å². The van der Waals surface area contributed by atoms with Crippen molar-refractivity contribution in [1.82, 2.24) is 30.3 Å². The second kappa shape index (κ2) is 13.4. The second-order valence-corrected chi connectivity index (χ2v) is 12.6. The van der Waals surface area contributed by atoms with Gasteiger partial charge in [0.15, 0.2) is 0 Å². The third-order valence-corrected chi connectivity index (χ3v) is 9.90. The Kier molecular flexibility index (Phi) is 9.76. The molecular weight excluding hydrogens is 526 g/mol. The van der Waals surface area contributed by atoms with E-state index < -0.39 is 12.1 Å². The van der Waals surface area contributed by atoms with Gasteiger partial charge in [0.2, 0.25) is 11.8 Å². The van der Waals surface area contributed by atoms with Crippen LogP contribution in [-0.2, 0) is 22.6 Å². The number of likely N-dealkylation sites (tertiary alicyclic amines) is 1. The minimum atomic E-state index is -0.668. The first-order valence-corrected chi connectivity index (χ1v) is 15.4. The molecule has 1 aromatic carbocycles. The largest absolute Gasteiger partial charge is 0.343 e. The molecule has 3 fully saturated rings. The van der Waals surface area contributed by atoms with Crippen LogP contribution in [-0.4, -0.2) is 69.7 Å². The lowest BCUT2D eigenvalue weighted by atomic mass is 9.63. The van der Waals surface area contributed by atoms with Crippen molar-refractivity contribution >= 4 is 23.4 Å². The Balaban J connectivity index is 1.29. The number of carbonyl (C=O) groups excluding carboxylic acids is 2. The van der Waals surface area contributed by atoms with E-state index in [1.165, 1.54) is 32.1 Å². The summed E-state index contributed by atoms with van der Waals surface area (Å²) in [5, 5.41) is 11.5. The summed E-state index contributed by atoms with van der Waals surface area (Å²) >= 11 is 6.11. The van der Waals surface area contributed by atoms with Gasteiger partial charge in [-0.2, -0.15) is 5.10 Å². The highest BCUT2D eigenvalue weighted by Gasteiger charge is 2.44. The first-order valence-electron chi connectivity index (χ1n) is 15.1. The van der Waals surface area contributed by atoms with Gasteiger partial charge in [-0.1, -0.05) is 43.0 Å². The third kappa shape index (κ3) is 7.04. The Hall–Kier alpha value is -2.49. The number of hydrogen-bond acceptors (Lipinski definition) is 6. The Morgan fingerprint density at radius 1 is 1.07 bits per heavy atom. The minimum Gasteiger partial charge on any atom is -0.343 e. The molecule has 1 aliphatic carbocycles. The van der Waals surface area contributed by atoms with Crippen molar-refractivity contribution in [3.05, 3.63) is 47.5 Å². The average molecular weight is 570 g/mol. The summed E-state index contributed by atoms with van der Waals surface area (Å²) in [6, 6.07) is 6.20. The molecule has 3 aliphatic rings. The summed E-state index contributed by atoms with van der Waals surface area (Å²) in [7, 11) is 0. The van der Waals surface area contributed by atoms with Crippen LogP contribution in [0.1, 0.15) is 63.4 Å². The van der Waals surface area contributed by atoms with Crippen LogP contribution in [0.3, 0.4) is 0 Å². The molecule has 0 radical (unpaired) electrons. The maximum atomic E-state index is 14.0. The number of carbonyl (C=O) groups is 2. The highest BCUT2D eigenvalue weighted by Crippen LogP contribution is 2.47. The normalized spacial score (nSPS) is 22.0. The van der Waals surface area contributed by atoms with Gasteiger partial charge in [-0.25, -0.2) is 4.98 Å². The van der Waals surface area contributed by atoms with Crippen LogP contribution >= 0.6 is 11.6 Å². The monoisotopic (exact) mass is 569 g/mol. The lowest BCUT2D eigenvalue weighted by Crippen LogP contribution is -2.57. The number of halogens is 1. The van der Waals surface area contributed by atoms with Gasteiger partial charge in [-0.05, 0) is 86.6 Å². The maximum absolute atomic E-state index is 14.0. The molecule has 0 spiro atoms. The Morgan fingerprint density at radius 3 is 2.42 bits per heavy atom. The van der Waals surface area contributed by atoms with Crippen LogP contribution in [0, 0.1) is 17.3 Å². The summed E-state index contributed by atoms with van der Waals surface area (Å²) < 4.78 is 1.97. The average Bonchev–Trinajstić information content (AvgIpc) is 3.51. The van der Waals surface area contributed by atoms with Crippen LogP contribution in [0.2, 0.25) is 5.02 Å². The van der Waals surface area contributed by atoms with E-state index in [1.54, 1.807) is 6.33 Å². The second-order valence-electron chi connectivity index (χ2n) is 12.1. The fourth-order valence-corrected chi connectivity index (χ4v) is 7.31. The SMILES string of the molecule is NC(C(=O)NC(Cc1ccc(Cl)cc1)C(=O)N1CCC(Cn2cncn2)(C2CCCCC2)CC1)C1CCNCC1. The van der Waals surface area contributed by atoms with Crippen molar-refractivity contribution in [2.45, 2.75) is 82.8 Å². The van der Waals surface area contributed by atoms with Crippen LogP contribution < -0.4 is 16.4 Å². The van der Waals surface area contributed by atoms with E-state index in [4.69, 9.17) is 17.3 Å². The summed E-state index contributed by atoms with van der Waals surface area (Å²) in [5.74, 6) is 0.489. The zero-order valence-corrected chi connectivity index (χ0v) is 24.2. The van der Waals surface area contributed by atoms with Gasteiger partial charge in [0, 0.05) is 31.1 Å². The van der Waals surface area contributed by atoms with Gasteiger partial charge < -0.3 is 21.3 Å². The molecule has 2 aliphatic heterocycles. The van der Waals surface area contributed by atoms with E-state index in [2.05, 4.69) is 20.7 Å². The maximum Gasteiger partial charge on any atom is 0.245 e. The van der Waals surface area contributed by atoms with Crippen molar-refractivity contribution in [3.8, 4) is 0 Å². The summed E-state index contributed by atoms with van der Waals surface area (Å²) in [6.07, 6.45) is 13.8. The van der Waals surface area contributed by atoms with Gasteiger partial charge >= 0.3 is 0 Å². The van der Waals surface area contributed by atoms with Crippen molar-refractivity contribution in [2.75, 3.05) is 26.2 Å². The minimum absolute atomic E-state index is 0.0289. The van der Waals surface area contributed by atoms with Gasteiger partial charge in [0.25, 0.3) is 0 Å². The van der Waals surface area contributed by atoms with Crippen molar-refractivity contribution in [2.24, 2.45) is 23.0 Å². The van der Waals surface area contributed by atoms with E-state index in [1.807, 2.05) is 40.2 Å². The molecular formula is C30H44ClN7O2. The predicted octanol–water partition coefficient (Wildman–Crippen LogP) is 3.18. The zero-order valence-electron chi connectivity index (χ0n) is 23.4. The molecule has 4 N–H and O–H groups in total.